The van der Waals surface area contributed by atoms with Crippen molar-refractivity contribution < 1.29 is 23.5 Å². The number of ketones is 1. The molecule has 3 aliphatic rings. The average molecular weight is 342 g/mol. The van der Waals surface area contributed by atoms with E-state index in [9.17, 15) is 14.5 Å². The third-order valence-electron chi connectivity index (χ3n) is 4.13. The molecule has 3 aliphatic heterocycles. The van der Waals surface area contributed by atoms with Crippen LogP contribution in [-0.4, -0.2) is 52.0 Å². The number of carbonyl (C=O) groups is 1. The fourth-order valence-corrected chi connectivity index (χ4v) is 4.10. The molecule has 4 heterocycles. The molecule has 4 rings (SSSR count). The Morgan fingerprint density at radius 1 is 1.43 bits per heavy atom. The molecule has 10 nitrogen and oxygen atoms in total. The first-order valence-electron chi connectivity index (χ1n) is 6.97. The third-order valence-corrected chi connectivity index (χ3v) is 5.24. The number of aromatic amines is 1. The number of hydrogen-bond donors (Lipinski definition) is 4. The number of nitrogens with one attached hydrogen (secondary N) is 2. The maximum absolute atomic E-state index is 12.7. The number of anilines is 2. The van der Waals surface area contributed by atoms with Crippen molar-refractivity contribution in [2.75, 3.05) is 17.7 Å². The van der Waals surface area contributed by atoms with Gasteiger partial charge in [0.05, 0.1) is 18.1 Å². The van der Waals surface area contributed by atoms with Crippen molar-refractivity contribution in [1.29, 1.82) is 0 Å². The molecule has 2 saturated heterocycles. The molecule has 1 unspecified atom stereocenters. The van der Waals surface area contributed by atoms with Crippen molar-refractivity contribution in [3.63, 3.8) is 0 Å². The minimum absolute atomic E-state index is 0.00683. The molecule has 11 heteroatoms. The molecule has 124 valence electrons. The van der Waals surface area contributed by atoms with Gasteiger partial charge in [0.15, 0.2) is 11.9 Å². The summed E-state index contributed by atoms with van der Waals surface area (Å²) in [6.45, 7) is 0.00683. The summed E-state index contributed by atoms with van der Waals surface area (Å²) >= 11 is 0. The van der Waals surface area contributed by atoms with Crippen LogP contribution in [0.4, 0.5) is 11.8 Å². The van der Waals surface area contributed by atoms with E-state index in [1.54, 1.807) is 0 Å². The Morgan fingerprint density at radius 2 is 2.22 bits per heavy atom. The van der Waals surface area contributed by atoms with Crippen molar-refractivity contribution in [2.45, 2.75) is 24.9 Å². The number of hydrogen-bond acceptors (Lipinski definition) is 9. The van der Waals surface area contributed by atoms with Crippen LogP contribution in [0.25, 0.3) is 0 Å². The number of rotatable bonds is 0. The van der Waals surface area contributed by atoms with Crippen molar-refractivity contribution >= 4 is 31.4 Å². The van der Waals surface area contributed by atoms with E-state index in [1.165, 1.54) is 0 Å². The lowest BCUT2D eigenvalue weighted by atomic mass is 9.85. The second-order valence-electron chi connectivity index (χ2n) is 5.69. The van der Waals surface area contributed by atoms with Crippen LogP contribution in [0.3, 0.4) is 0 Å². The van der Waals surface area contributed by atoms with Crippen LogP contribution in [0.2, 0.25) is 0 Å². The molecule has 0 bridgehead atoms. The van der Waals surface area contributed by atoms with Gasteiger partial charge in [0, 0.05) is 0 Å². The summed E-state index contributed by atoms with van der Waals surface area (Å²) in [6, 6.07) is 0. The Morgan fingerprint density at radius 3 is 3.00 bits per heavy atom. The molecule has 0 amide bonds. The molecule has 0 aromatic carbocycles. The van der Waals surface area contributed by atoms with Gasteiger partial charge in [-0.1, -0.05) is 0 Å². The number of carbonyl (C=O) groups excluding carboxylic acids is 1. The maximum Gasteiger partial charge on any atom is 0.257 e. The minimum atomic E-state index is -3.26. The maximum atomic E-state index is 12.7. The fourth-order valence-electron chi connectivity index (χ4n) is 3.06. The van der Waals surface area contributed by atoms with Gasteiger partial charge in [0.25, 0.3) is 5.56 Å². The average Bonchev–Trinajstić information content (AvgIpc) is 2.46. The van der Waals surface area contributed by atoms with Gasteiger partial charge in [0.2, 0.25) is 13.5 Å². The molecule has 5 atom stereocenters. The van der Waals surface area contributed by atoms with Gasteiger partial charge in [-0.05, 0) is 12.7 Å². The number of H-pyrrole nitrogens is 1. The number of nitrogens with two attached hydrogens (primary N) is 1. The van der Waals surface area contributed by atoms with E-state index in [1.807, 2.05) is 0 Å². The van der Waals surface area contributed by atoms with Gasteiger partial charge >= 0.3 is 0 Å². The highest BCUT2D eigenvalue weighted by Crippen LogP contribution is 2.50. The quantitative estimate of drug-likeness (QED) is 0.428. The largest absolute Gasteiger partial charge is 0.369 e. The molecular weight excluding hydrogens is 327 g/mol. The molecule has 0 radical (unpaired) electrons. The van der Waals surface area contributed by atoms with Crippen LogP contribution in [0.5, 0.6) is 0 Å². The Hall–Kier alpha value is -1.71. The molecule has 2 fully saturated rings. The number of ether oxygens (including phenoxy) is 1. The van der Waals surface area contributed by atoms with Gasteiger partial charge in [-0.2, -0.15) is 4.98 Å². The van der Waals surface area contributed by atoms with E-state index in [0.29, 0.717) is 11.4 Å². The minimum Gasteiger partial charge on any atom is -0.369 e. The molecule has 1 aromatic rings. The number of nitrogens with zero attached hydrogens (tertiary/aromatic N) is 1. The molecule has 1 aromatic heterocycles. The summed E-state index contributed by atoms with van der Waals surface area (Å²) in [5.74, 6) is -0.604. The Bertz CT molecular complexity index is 794. The Kier molecular flexibility index (Phi) is 3.16. The summed E-state index contributed by atoms with van der Waals surface area (Å²) in [7, 11) is -3.26. The first kappa shape index (κ1) is 14.9. The van der Waals surface area contributed by atoms with Crippen molar-refractivity contribution in [2.24, 2.45) is 5.92 Å². The predicted octanol–water partition coefficient (Wildman–Crippen LogP) is -1.17. The summed E-state index contributed by atoms with van der Waals surface area (Å²) in [4.78, 5) is 40.9. The molecule has 0 spiro atoms. The third kappa shape index (κ3) is 2.39. The monoisotopic (exact) mass is 342 g/mol. The number of Topliss-reactive ketones (excluding diaryl/α,β-unsaturated/α-hetero) is 1. The smallest absolute Gasteiger partial charge is 0.257 e. The van der Waals surface area contributed by atoms with E-state index < -0.39 is 37.5 Å². The summed E-state index contributed by atoms with van der Waals surface area (Å²) < 4.78 is 16.2. The van der Waals surface area contributed by atoms with E-state index in [-0.39, 0.29) is 24.8 Å². The fraction of sp³-hybridized carbons (Fsp3) is 0.500. The lowest BCUT2D eigenvalue weighted by Gasteiger charge is -2.45. The van der Waals surface area contributed by atoms with Gasteiger partial charge in [0.1, 0.15) is 18.1 Å². The highest BCUT2D eigenvalue weighted by molar-refractivity contribution is 7.58. The highest BCUT2D eigenvalue weighted by Gasteiger charge is 2.51. The van der Waals surface area contributed by atoms with Crippen LogP contribution >= 0.6 is 7.57 Å². The zero-order chi connectivity index (χ0) is 16.4. The molecule has 5 N–H and O–H groups in total. The van der Waals surface area contributed by atoms with E-state index in [2.05, 4.69) is 21.6 Å². The van der Waals surface area contributed by atoms with E-state index in [4.69, 9.17) is 19.5 Å². The van der Waals surface area contributed by atoms with Crippen LogP contribution in [0.15, 0.2) is 4.79 Å². The topological polar surface area (TPSA) is 149 Å². The van der Waals surface area contributed by atoms with Gasteiger partial charge in [-0.3, -0.25) is 14.6 Å². The summed E-state index contributed by atoms with van der Waals surface area (Å²) in [5.41, 5.74) is 5.46. The van der Waals surface area contributed by atoms with Crippen molar-refractivity contribution in [3.8, 4) is 0 Å². The predicted molar refractivity (Wildman–Crippen MR) is 80.8 cm³/mol. The first-order valence-corrected chi connectivity index (χ1v) is 8.74. The zero-order valence-electron chi connectivity index (χ0n) is 11.9. The van der Waals surface area contributed by atoms with E-state index >= 15 is 0 Å². The Labute approximate surface area is 130 Å². The number of nitrogen functional groups attached to an aromatic ring is 1. The van der Waals surface area contributed by atoms with Crippen molar-refractivity contribution in [1.82, 2.24) is 9.97 Å². The SMILES string of the molecule is C=P1(O)OC[C@H]2O[C@H]3Nc4nc(N)[nH]c(=O)c4C[C@H]3C(=O)[C@H]2O1. The lowest BCUT2D eigenvalue weighted by Crippen LogP contribution is -2.59. The van der Waals surface area contributed by atoms with Crippen LogP contribution < -0.4 is 16.6 Å². The first-order chi connectivity index (χ1) is 10.8. The second kappa shape index (κ2) is 4.89. The summed E-state index contributed by atoms with van der Waals surface area (Å²) in [5, 5.41) is 2.93. The lowest BCUT2D eigenvalue weighted by molar-refractivity contribution is -0.177. The standard InChI is InChI=1S/C12H15N4O6P/c1-23(19)20-3-6-8(22-23)7(17)4-2-5-9(14-11(4)21-6)15-12(13)16-10(5)18/h4,6,8,11,19H,1-3H2,(H4,13,14,15,16,18)/t4-,6+,8-,11+,23?/m0/s1. The molecule has 0 aliphatic carbocycles. The number of fused-ring (bicyclic) bond motifs is 3. The molecule has 0 saturated carbocycles. The molecular formula is C12H15N4O6P. The van der Waals surface area contributed by atoms with Gasteiger partial charge < -0.3 is 29.7 Å². The normalized spacial score (nSPS) is 38.9. The van der Waals surface area contributed by atoms with Gasteiger partial charge in [-0.25, -0.2) is 0 Å². The van der Waals surface area contributed by atoms with E-state index in [0.717, 1.165) is 0 Å². The zero-order valence-corrected chi connectivity index (χ0v) is 12.8. The number of aromatic nitrogens is 2. The van der Waals surface area contributed by atoms with Crippen LogP contribution in [-0.2, 0) is 25.0 Å². The molecule has 23 heavy (non-hydrogen) atoms. The summed E-state index contributed by atoms with van der Waals surface area (Å²) in [6.07, 6.45) is 1.32. The van der Waals surface area contributed by atoms with Crippen LogP contribution in [0.1, 0.15) is 5.56 Å². The van der Waals surface area contributed by atoms with Crippen molar-refractivity contribution in [3.05, 3.63) is 15.9 Å². The second-order valence-corrected chi connectivity index (χ2v) is 7.43. The van der Waals surface area contributed by atoms with Gasteiger partial charge in [-0.15, -0.1) is 0 Å². The Balaban J connectivity index is 1.68. The highest BCUT2D eigenvalue weighted by atomic mass is 31.2. The van der Waals surface area contributed by atoms with Crippen LogP contribution in [0, 0.1) is 5.92 Å².